The lowest BCUT2D eigenvalue weighted by atomic mass is 10.2. The molecule has 0 atom stereocenters. The Morgan fingerprint density at radius 2 is 2.33 bits per heavy atom. The molecule has 0 fully saturated rings. The van der Waals surface area contributed by atoms with Crippen molar-refractivity contribution in [3.63, 3.8) is 0 Å². The Bertz CT molecular complexity index is 682. The van der Waals surface area contributed by atoms with Gasteiger partial charge in [0.25, 0.3) is 0 Å². The maximum Gasteiger partial charge on any atom is 0.226 e. The Morgan fingerprint density at radius 1 is 1.48 bits per heavy atom. The number of fused-ring (bicyclic) bond motifs is 1. The van der Waals surface area contributed by atoms with Crippen LogP contribution in [0, 0.1) is 11.8 Å². The molecule has 0 radical (unpaired) electrons. The van der Waals surface area contributed by atoms with Crippen molar-refractivity contribution < 1.29 is 9.53 Å². The molecule has 1 heterocycles. The third-order valence-corrected chi connectivity index (χ3v) is 3.73. The highest BCUT2D eigenvalue weighted by Gasteiger charge is 2.08. The summed E-state index contributed by atoms with van der Waals surface area (Å²) in [7, 11) is 0. The van der Waals surface area contributed by atoms with Crippen LogP contribution in [0.5, 0.6) is 5.75 Å². The lowest BCUT2D eigenvalue weighted by molar-refractivity contribution is -0.116. The van der Waals surface area contributed by atoms with E-state index >= 15 is 0 Å². The first-order valence-corrected chi connectivity index (χ1v) is 7.77. The summed E-state index contributed by atoms with van der Waals surface area (Å²) in [6.07, 6.45) is 1.99. The number of aromatic nitrogens is 1. The molecular weight excluding hydrogens is 284 g/mol. The fourth-order valence-corrected chi connectivity index (χ4v) is 2.77. The third kappa shape index (κ3) is 4.47. The first-order chi connectivity index (χ1) is 10.2. The number of nitrogens with one attached hydrogen (secondary N) is 1. The smallest absolute Gasteiger partial charge is 0.226 e. The fourth-order valence-electron chi connectivity index (χ4n) is 1.86. The molecular formula is C16H18N2O2S. The summed E-state index contributed by atoms with van der Waals surface area (Å²) in [6, 6.07) is 5.74. The molecule has 0 bridgehead atoms. The van der Waals surface area contributed by atoms with Crippen molar-refractivity contribution in [2.45, 2.75) is 33.1 Å². The highest BCUT2D eigenvalue weighted by atomic mass is 32.1. The van der Waals surface area contributed by atoms with Crippen molar-refractivity contribution >= 4 is 32.6 Å². The first-order valence-electron chi connectivity index (χ1n) is 6.95. The molecule has 1 N–H and O–H groups in total. The predicted octanol–water partition coefficient (Wildman–Crippen LogP) is 3.83. The van der Waals surface area contributed by atoms with Crippen LogP contribution < -0.4 is 10.1 Å². The zero-order valence-corrected chi connectivity index (χ0v) is 13.0. The summed E-state index contributed by atoms with van der Waals surface area (Å²) < 4.78 is 6.47. The van der Waals surface area contributed by atoms with E-state index in [2.05, 4.69) is 22.1 Å². The number of thiazole rings is 1. The van der Waals surface area contributed by atoms with Crippen LogP contribution in [0.1, 0.15) is 33.1 Å². The zero-order chi connectivity index (χ0) is 15.1. The van der Waals surface area contributed by atoms with Gasteiger partial charge in [0.2, 0.25) is 5.91 Å². The lowest BCUT2D eigenvalue weighted by Gasteiger charge is -2.00. The van der Waals surface area contributed by atoms with Crippen LogP contribution >= 0.6 is 11.3 Å². The normalized spacial score (nSPS) is 10.0. The second kappa shape index (κ2) is 7.65. The number of carbonyl (C=O) groups is 1. The zero-order valence-electron chi connectivity index (χ0n) is 12.2. The van der Waals surface area contributed by atoms with E-state index in [9.17, 15) is 4.79 Å². The van der Waals surface area contributed by atoms with E-state index < -0.39 is 0 Å². The lowest BCUT2D eigenvalue weighted by Crippen LogP contribution is -2.10. The summed E-state index contributed by atoms with van der Waals surface area (Å²) in [5.74, 6) is 6.58. The number of amides is 1. The Labute approximate surface area is 128 Å². The number of rotatable bonds is 6. The Kier molecular flexibility index (Phi) is 5.59. The van der Waals surface area contributed by atoms with Gasteiger partial charge in [0.05, 0.1) is 16.8 Å². The van der Waals surface area contributed by atoms with Gasteiger partial charge in [-0.25, -0.2) is 4.98 Å². The molecule has 1 aromatic carbocycles. The maximum atomic E-state index is 11.8. The van der Waals surface area contributed by atoms with Gasteiger partial charge in [-0.05, 0) is 38.5 Å². The van der Waals surface area contributed by atoms with Crippen LogP contribution in [-0.4, -0.2) is 17.5 Å². The number of unbranched alkanes of at least 4 members (excludes halogenated alkanes) is 1. The summed E-state index contributed by atoms with van der Waals surface area (Å²) >= 11 is 1.46. The standard InChI is InChI=1S/C16H18N2O2S/c1-3-5-6-7-8-15(19)18-16-17-13-10-9-12(20-4-2)11-14(13)21-16/h9-11H,4,6-8H2,1-2H3,(H,17,18,19). The van der Waals surface area contributed by atoms with Crippen molar-refractivity contribution in [3.8, 4) is 17.6 Å². The molecule has 21 heavy (non-hydrogen) atoms. The van der Waals surface area contributed by atoms with E-state index in [-0.39, 0.29) is 5.91 Å². The van der Waals surface area contributed by atoms with Crippen LogP contribution in [0.25, 0.3) is 10.2 Å². The number of benzene rings is 1. The number of anilines is 1. The molecule has 0 unspecified atom stereocenters. The quantitative estimate of drug-likeness (QED) is 0.652. The monoisotopic (exact) mass is 302 g/mol. The van der Waals surface area contributed by atoms with Gasteiger partial charge in [-0.2, -0.15) is 0 Å². The minimum Gasteiger partial charge on any atom is -0.494 e. The van der Waals surface area contributed by atoms with E-state index in [0.29, 0.717) is 18.2 Å². The largest absolute Gasteiger partial charge is 0.494 e. The van der Waals surface area contributed by atoms with Gasteiger partial charge in [0.15, 0.2) is 5.13 Å². The molecule has 0 spiro atoms. The third-order valence-electron chi connectivity index (χ3n) is 2.80. The first kappa shape index (κ1) is 15.3. The highest BCUT2D eigenvalue weighted by molar-refractivity contribution is 7.22. The fraction of sp³-hybridized carbons (Fsp3) is 0.375. The molecule has 0 saturated carbocycles. The van der Waals surface area contributed by atoms with Gasteiger partial charge in [-0.15, -0.1) is 11.8 Å². The van der Waals surface area contributed by atoms with Crippen molar-refractivity contribution in [2.75, 3.05) is 11.9 Å². The van der Waals surface area contributed by atoms with Crippen LogP contribution in [0.2, 0.25) is 0 Å². The van der Waals surface area contributed by atoms with Gasteiger partial charge >= 0.3 is 0 Å². The minimum absolute atomic E-state index is 0.0167. The molecule has 5 heteroatoms. The van der Waals surface area contributed by atoms with Gasteiger partial charge in [-0.3, -0.25) is 4.79 Å². The Hall–Kier alpha value is -2.06. The topological polar surface area (TPSA) is 51.2 Å². The van der Waals surface area contributed by atoms with Crippen molar-refractivity contribution in [2.24, 2.45) is 0 Å². The van der Waals surface area contributed by atoms with E-state index in [0.717, 1.165) is 28.8 Å². The number of ether oxygens (including phenoxy) is 1. The maximum absolute atomic E-state index is 11.8. The number of nitrogens with zero attached hydrogens (tertiary/aromatic N) is 1. The van der Waals surface area contributed by atoms with E-state index in [1.807, 2.05) is 25.1 Å². The van der Waals surface area contributed by atoms with Crippen molar-refractivity contribution in [3.05, 3.63) is 18.2 Å². The van der Waals surface area contributed by atoms with E-state index in [4.69, 9.17) is 4.74 Å². The second-order valence-electron chi connectivity index (χ2n) is 4.41. The molecule has 0 saturated heterocycles. The van der Waals surface area contributed by atoms with Crippen LogP contribution in [-0.2, 0) is 4.79 Å². The Balaban J connectivity index is 1.98. The summed E-state index contributed by atoms with van der Waals surface area (Å²) in [5.41, 5.74) is 0.871. The average molecular weight is 302 g/mol. The molecule has 2 aromatic rings. The van der Waals surface area contributed by atoms with E-state index in [1.54, 1.807) is 6.92 Å². The van der Waals surface area contributed by atoms with Crippen LogP contribution in [0.4, 0.5) is 5.13 Å². The van der Waals surface area contributed by atoms with Gasteiger partial charge in [0, 0.05) is 12.8 Å². The molecule has 1 amide bonds. The molecule has 1 aromatic heterocycles. The van der Waals surface area contributed by atoms with Gasteiger partial charge < -0.3 is 10.1 Å². The van der Waals surface area contributed by atoms with Crippen molar-refractivity contribution in [1.29, 1.82) is 0 Å². The minimum atomic E-state index is -0.0167. The van der Waals surface area contributed by atoms with Gasteiger partial charge in [0.1, 0.15) is 5.75 Å². The summed E-state index contributed by atoms with van der Waals surface area (Å²) in [6.45, 7) is 4.39. The molecule has 4 nitrogen and oxygen atoms in total. The molecule has 2 rings (SSSR count). The SMILES string of the molecule is CC#CCCCC(=O)Nc1nc2ccc(OCC)cc2s1. The molecule has 0 aliphatic rings. The van der Waals surface area contributed by atoms with Gasteiger partial charge in [-0.1, -0.05) is 11.3 Å². The van der Waals surface area contributed by atoms with Crippen molar-refractivity contribution in [1.82, 2.24) is 4.98 Å². The van der Waals surface area contributed by atoms with Crippen LogP contribution in [0.3, 0.4) is 0 Å². The molecule has 110 valence electrons. The highest BCUT2D eigenvalue weighted by Crippen LogP contribution is 2.29. The van der Waals surface area contributed by atoms with E-state index in [1.165, 1.54) is 11.3 Å². The molecule has 0 aliphatic carbocycles. The average Bonchev–Trinajstić information content (AvgIpc) is 2.85. The van der Waals surface area contributed by atoms with Crippen LogP contribution in [0.15, 0.2) is 18.2 Å². The second-order valence-corrected chi connectivity index (χ2v) is 5.44. The number of carbonyl (C=O) groups excluding carboxylic acids is 1. The predicted molar refractivity (Wildman–Crippen MR) is 86.7 cm³/mol. The number of hydrogen-bond donors (Lipinski definition) is 1. The number of hydrogen-bond acceptors (Lipinski definition) is 4. The summed E-state index contributed by atoms with van der Waals surface area (Å²) in [5, 5.41) is 3.47. The molecule has 0 aliphatic heterocycles. The summed E-state index contributed by atoms with van der Waals surface area (Å²) in [4.78, 5) is 16.2. The Morgan fingerprint density at radius 3 is 3.10 bits per heavy atom.